The summed E-state index contributed by atoms with van der Waals surface area (Å²) in [5.41, 5.74) is 2.71. The number of aromatic nitrogens is 2. The zero-order chi connectivity index (χ0) is 16.1. The molecular weight excluding hydrogens is 354 g/mol. The highest BCUT2D eigenvalue weighted by Crippen LogP contribution is 2.15. The van der Waals surface area contributed by atoms with Gasteiger partial charge >= 0.3 is 0 Å². The van der Waals surface area contributed by atoms with Crippen LogP contribution in [-0.2, 0) is 6.42 Å². The van der Waals surface area contributed by atoms with E-state index in [0.717, 1.165) is 21.6 Å². The van der Waals surface area contributed by atoms with Crippen LogP contribution in [0.5, 0.6) is 0 Å². The maximum atomic E-state index is 12.0. The number of hydrogen-bond acceptors (Lipinski definition) is 2. The Morgan fingerprint density at radius 2 is 1.83 bits per heavy atom. The molecule has 0 aliphatic heterocycles. The zero-order valence-electron chi connectivity index (χ0n) is 12.4. The lowest BCUT2D eigenvalue weighted by Crippen LogP contribution is -2.25. The molecule has 1 heterocycles. The fraction of sp³-hybridized carbons (Fsp3) is 0.111. The number of imidazole rings is 1. The van der Waals surface area contributed by atoms with E-state index in [1.165, 1.54) is 0 Å². The van der Waals surface area contributed by atoms with Gasteiger partial charge in [0.1, 0.15) is 5.82 Å². The number of nitrogens with one attached hydrogen (secondary N) is 2. The summed E-state index contributed by atoms with van der Waals surface area (Å²) in [7, 11) is 0. The summed E-state index contributed by atoms with van der Waals surface area (Å²) in [5.74, 6) is 0.778. The molecule has 1 aromatic heterocycles. The third-order valence-electron chi connectivity index (χ3n) is 3.46. The summed E-state index contributed by atoms with van der Waals surface area (Å²) in [5, 5.41) is 2.91. The van der Waals surface area contributed by atoms with Crippen molar-refractivity contribution >= 4 is 21.8 Å². The van der Waals surface area contributed by atoms with Crippen molar-refractivity contribution in [2.75, 3.05) is 6.54 Å². The first-order valence-electron chi connectivity index (χ1n) is 7.35. The molecular formula is C18H16BrN3O. The van der Waals surface area contributed by atoms with Gasteiger partial charge in [-0.25, -0.2) is 4.98 Å². The topological polar surface area (TPSA) is 57.8 Å². The molecule has 23 heavy (non-hydrogen) atoms. The van der Waals surface area contributed by atoms with Crippen LogP contribution in [0.4, 0.5) is 0 Å². The molecule has 0 aliphatic carbocycles. The Balaban J connectivity index is 1.54. The average Bonchev–Trinajstić information content (AvgIpc) is 3.05. The molecule has 0 spiro atoms. The summed E-state index contributed by atoms with van der Waals surface area (Å²) in [6, 6.07) is 17.3. The number of benzene rings is 2. The molecule has 0 aliphatic rings. The highest BCUT2D eigenvalue weighted by atomic mass is 79.9. The summed E-state index contributed by atoms with van der Waals surface area (Å²) in [4.78, 5) is 19.7. The molecule has 0 fully saturated rings. The normalized spacial score (nSPS) is 10.5. The molecule has 4 nitrogen and oxygen atoms in total. The third-order valence-corrected chi connectivity index (χ3v) is 3.99. The van der Waals surface area contributed by atoms with Gasteiger partial charge in [0.15, 0.2) is 0 Å². The molecule has 116 valence electrons. The molecule has 2 aromatic carbocycles. The minimum atomic E-state index is -0.0692. The Morgan fingerprint density at radius 3 is 2.57 bits per heavy atom. The number of nitrogens with zero attached hydrogens (tertiary/aromatic N) is 1. The van der Waals surface area contributed by atoms with Crippen LogP contribution >= 0.6 is 15.9 Å². The molecule has 0 atom stereocenters. The van der Waals surface area contributed by atoms with E-state index in [4.69, 9.17) is 0 Å². The van der Waals surface area contributed by atoms with Crippen molar-refractivity contribution in [1.82, 2.24) is 15.3 Å². The summed E-state index contributed by atoms with van der Waals surface area (Å²) in [6.45, 7) is 0.561. The lowest BCUT2D eigenvalue weighted by atomic mass is 10.2. The van der Waals surface area contributed by atoms with E-state index >= 15 is 0 Å². The molecule has 1 amide bonds. The number of rotatable bonds is 5. The molecule has 3 rings (SSSR count). The maximum absolute atomic E-state index is 12.0. The van der Waals surface area contributed by atoms with Crippen LogP contribution in [0.1, 0.15) is 16.1 Å². The highest BCUT2D eigenvalue weighted by Gasteiger charge is 2.06. The minimum absolute atomic E-state index is 0.0692. The third kappa shape index (κ3) is 4.07. The second kappa shape index (κ2) is 7.24. The molecule has 5 heteroatoms. The van der Waals surface area contributed by atoms with E-state index in [0.29, 0.717) is 18.5 Å². The predicted octanol–water partition coefficient (Wildman–Crippen LogP) is 3.81. The molecule has 0 bridgehead atoms. The first kappa shape index (κ1) is 15.5. The largest absolute Gasteiger partial charge is 0.352 e. The van der Waals surface area contributed by atoms with E-state index in [1.54, 1.807) is 12.1 Å². The lowest BCUT2D eigenvalue weighted by molar-refractivity contribution is 0.0954. The quantitative estimate of drug-likeness (QED) is 0.718. The van der Waals surface area contributed by atoms with Gasteiger partial charge in [-0.3, -0.25) is 4.79 Å². The van der Waals surface area contributed by atoms with Gasteiger partial charge in [-0.15, -0.1) is 0 Å². The number of hydrogen-bond donors (Lipinski definition) is 2. The molecule has 0 saturated carbocycles. The Morgan fingerprint density at radius 1 is 1.09 bits per heavy atom. The average molecular weight is 370 g/mol. The Bertz CT molecular complexity index is 782. The van der Waals surface area contributed by atoms with Crippen LogP contribution in [0.2, 0.25) is 0 Å². The number of H-pyrrole nitrogens is 1. The van der Waals surface area contributed by atoms with Crippen molar-refractivity contribution in [2.45, 2.75) is 6.42 Å². The fourth-order valence-corrected chi connectivity index (χ4v) is 2.51. The van der Waals surface area contributed by atoms with Crippen molar-refractivity contribution in [1.29, 1.82) is 0 Å². The standard InChI is InChI=1S/C18H16BrN3O/c19-15-8-6-14(7-9-15)18(23)20-11-10-16-12-21-17(22-16)13-4-2-1-3-5-13/h1-9,12H,10-11H2,(H,20,23)(H,21,22). The van der Waals surface area contributed by atoms with Gasteiger partial charge in [0.25, 0.3) is 5.91 Å². The SMILES string of the molecule is O=C(NCCc1cnc(-c2ccccc2)[nH]1)c1ccc(Br)cc1. The van der Waals surface area contributed by atoms with Crippen LogP contribution in [0.15, 0.2) is 65.3 Å². The van der Waals surface area contributed by atoms with Crippen molar-refractivity contribution in [3.63, 3.8) is 0 Å². The Kier molecular flexibility index (Phi) is 4.88. The van der Waals surface area contributed by atoms with E-state index in [2.05, 4.69) is 31.2 Å². The molecule has 0 unspecified atom stereocenters. The molecule has 0 saturated heterocycles. The van der Waals surface area contributed by atoms with Crippen LogP contribution in [0.3, 0.4) is 0 Å². The van der Waals surface area contributed by atoms with Crippen molar-refractivity contribution in [2.24, 2.45) is 0 Å². The summed E-state index contributed by atoms with van der Waals surface area (Å²) in [6.07, 6.45) is 2.52. The van der Waals surface area contributed by atoms with Gasteiger partial charge in [0.2, 0.25) is 0 Å². The summed E-state index contributed by atoms with van der Waals surface area (Å²) < 4.78 is 0.958. The van der Waals surface area contributed by atoms with Crippen molar-refractivity contribution < 1.29 is 4.79 Å². The van der Waals surface area contributed by atoms with Crippen molar-refractivity contribution in [3.8, 4) is 11.4 Å². The van der Waals surface area contributed by atoms with E-state index < -0.39 is 0 Å². The van der Waals surface area contributed by atoms with Gasteiger partial charge in [-0.1, -0.05) is 46.3 Å². The summed E-state index contributed by atoms with van der Waals surface area (Å²) >= 11 is 3.36. The number of halogens is 1. The fourth-order valence-electron chi connectivity index (χ4n) is 2.24. The van der Waals surface area contributed by atoms with Gasteiger partial charge in [0, 0.05) is 40.5 Å². The van der Waals surface area contributed by atoms with E-state index in [9.17, 15) is 4.79 Å². The predicted molar refractivity (Wildman–Crippen MR) is 94.2 cm³/mol. The Labute approximate surface area is 143 Å². The van der Waals surface area contributed by atoms with E-state index in [-0.39, 0.29) is 5.91 Å². The monoisotopic (exact) mass is 369 g/mol. The minimum Gasteiger partial charge on any atom is -0.352 e. The number of aromatic amines is 1. The van der Waals surface area contributed by atoms with Gasteiger partial charge < -0.3 is 10.3 Å². The van der Waals surface area contributed by atoms with Crippen LogP contribution < -0.4 is 5.32 Å². The van der Waals surface area contributed by atoms with Gasteiger partial charge in [-0.2, -0.15) is 0 Å². The first-order valence-corrected chi connectivity index (χ1v) is 8.15. The second-order valence-electron chi connectivity index (χ2n) is 5.14. The van der Waals surface area contributed by atoms with E-state index in [1.807, 2.05) is 48.7 Å². The van der Waals surface area contributed by atoms with Crippen LogP contribution in [0.25, 0.3) is 11.4 Å². The van der Waals surface area contributed by atoms with Gasteiger partial charge in [0.05, 0.1) is 0 Å². The Hall–Kier alpha value is -2.40. The van der Waals surface area contributed by atoms with Crippen molar-refractivity contribution in [3.05, 3.63) is 76.5 Å². The van der Waals surface area contributed by atoms with Crippen LogP contribution in [-0.4, -0.2) is 22.4 Å². The number of amides is 1. The molecule has 0 radical (unpaired) electrons. The van der Waals surface area contributed by atoms with Crippen LogP contribution in [0, 0.1) is 0 Å². The number of carbonyl (C=O) groups is 1. The number of carbonyl (C=O) groups excluding carboxylic acids is 1. The molecule has 3 aromatic rings. The maximum Gasteiger partial charge on any atom is 0.251 e. The first-order chi connectivity index (χ1) is 11.2. The van der Waals surface area contributed by atoms with Gasteiger partial charge in [-0.05, 0) is 24.3 Å². The second-order valence-corrected chi connectivity index (χ2v) is 6.05. The molecule has 2 N–H and O–H groups in total. The highest BCUT2D eigenvalue weighted by molar-refractivity contribution is 9.10. The zero-order valence-corrected chi connectivity index (χ0v) is 14.0. The lowest BCUT2D eigenvalue weighted by Gasteiger charge is -2.04. The smallest absolute Gasteiger partial charge is 0.251 e.